The number of hydrogen-bond donors (Lipinski definition) is 0. The van der Waals surface area contributed by atoms with Gasteiger partial charge < -0.3 is 4.74 Å². The number of rotatable bonds is 1. The summed E-state index contributed by atoms with van der Waals surface area (Å²) in [7, 11) is 0. The number of hydrogen-bond acceptors (Lipinski definition) is 1. The van der Waals surface area contributed by atoms with Gasteiger partial charge >= 0.3 is 0 Å². The van der Waals surface area contributed by atoms with Gasteiger partial charge in [-0.3, -0.25) is 0 Å². The van der Waals surface area contributed by atoms with E-state index in [9.17, 15) is 0 Å². The molecule has 0 radical (unpaired) electrons. The highest BCUT2D eigenvalue weighted by molar-refractivity contribution is 5.08. The van der Waals surface area contributed by atoms with Crippen molar-refractivity contribution in [1.29, 1.82) is 0 Å². The maximum Gasteiger partial charge on any atom is 0.0682 e. The Morgan fingerprint density at radius 3 is 2.60 bits per heavy atom. The highest BCUT2D eigenvalue weighted by Gasteiger charge is 2.14. The van der Waals surface area contributed by atoms with Gasteiger partial charge in [0.2, 0.25) is 0 Å². The molecule has 0 spiro atoms. The van der Waals surface area contributed by atoms with Crippen molar-refractivity contribution in [2.75, 3.05) is 13.2 Å². The van der Waals surface area contributed by atoms with E-state index < -0.39 is 0 Å². The highest BCUT2D eigenvalue weighted by Crippen LogP contribution is 2.25. The van der Waals surface area contributed by atoms with Crippen LogP contribution in [0.15, 0.2) is 11.6 Å². The third kappa shape index (κ3) is 2.53. The summed E-state index contributed by atoms with van der Waals surface area (Å²) >= 11 is 0. The SMILES string of the molecule is CC(C)(C)CC1=CCOC1. The second-order valence-electron chi connectivity index (χ2n) is 4.11. The van der Waals surface area contributed by atoms with E-state index in [0.717, 1.165) is 13.2 Å². The average molecular weight is 140 g/mol. The Kier molecular flexibility index (Phi) is 2.14. The molecule has 0 aromatic rings. The third-order valence-electron chi connectivity index (χ3n) is 1.53. The summed E-state index contributed by atoms with van der Waals surface area (Å²) in [5.74, 6) is 0. The van der Waals surface area contributed by atoms with Crippen LogP contribution in [0.2, 0.25) is 0 Å². The maximum atomic E-state index is 5.21. The molecular formula is C9H16O. The summed E-state index contributed by atoms with van der Waals surface area (Å²) in [5, 5.41) is 0. The minimum atomic E-state index is 0.416. The van der Waals surface area contributed by atoms with Crippen LogP contribution in [0.1, 0.15) is 27.2 Å². The largest absolute Gasteiger partial charge is 0.373 e. The molecule has 0 saturated heterocycles. The van der Waals surface area contributed by atoms with Crippen LogP contribution in [0, 0.1) is 5.41 Å². The summed E-state index contributed by atoms with van der Waals surface area (Å²) < 4.78 is 5.21. The second-order valence-corrected chi connectivity index (χ2v) is 4.11. The van der Waals surface area contributed by atoms with E-state index in [-0.39, 0.29) is 0 Å². The molecule has 0 fully saturated rings. The maximum absolute atomic E-state index is 5.21. The van der Waals surface area contributed by atoms with Gasteiger partial charge in [0.15, 0.2) is 0 Å². The predicted octanol–water partition coefficient (Wildman–Crippen LogP) is 2.38. The van der Waals surface area contributed by atoms with Gasteiger partial charge in [-0.1, -0.05) is 26.8 Å². The third-order valence-corrected chi connectivity index (χ3v) is 1.53. The van der Waals surface area contributed by atoms with Crippen LogP contribution in [0.5, 0.6) is 0 Å². The molecule has 1 nitrogen and oxygen atoms in total. The Labute approximate surface area is 63.1 Å². The second kappa shape index (κ2) is 2.75. The normalized spacial score (nSPS) is 19.3. The molecule has 1 aliphatic heterocycles. The first-order valence-electron chi connectivity index (χ1n) is 3.83. The molecule has 0 saturated carbocycles. The molecule has 0 aliphatic carbocycles. The number of ether oxygens (including phenoxy) is 1. The Bertz CT molecular complexity index is 139. The molecule has 0 atom stereocenters. The topological polar surface area (TPSA) is 9.23 Å². The average Bonchev–Trinajstić information content (AvgIpc) is 2.12. The molecule has 1 heterocycles. The first-order chi connectivity index (χ1) is 4.58. The van der Waals surface area contributed by atoms with Crippen LogP contribution in [0.25, 0.3) is 0 Å². The van der Waals surface area contributed by atoms with E-state index in [2.05, 4.69) is 26.8 Å². The van der Waals surface area contributed by atoms with E-state index in [1.165, 1.54) is 12.0 Å². The first kappa shape index (κ1) is 7.80. The zero-order valence-corrected chi connectivity index (χ0v) is 7.11. The predicted molar refractivity (Wildman–Crippen MR) is 43.0 cm³/mol. The van der Waals surface area contributed by atoms with Crippen molar-refractivity contribution in [3.8, 4) is 0 Å². The van der Waals surface area contributed by atoms with E-state index in [1.807, 2.05) is 0 Å². The lowest BCUT2D eigenvalue weighted by Crippen LogP contribution is -2.06. The lowest BCUT2D eigenvalue weighted by molar-refractivity contribution is 0.203. The minimum absolute atomic E-state index is 0.416. The van der Waals surface area contributed by atoms with Crippen molar-refractivity contribution in [2.24, 2.45) is 5.41 Å². The van der Waals surface area contributed by atoms with Gasteiger partial charge in [0.25, 0.3) is 0 Å². The standard InChI is InChI=1S/C9H16O/c1-9(2,3)6-8-4-5-10-7-8/h4H,5-7H2,1-3H3. The molecule has 0 unspecified atom stereocenters. The van der Waals surface area contributed by atoms with Gasteiger partial charge in [0, 0.05) is 0 Å². The lowest BCUT2D eigenvalue weighted by atomic mass is 9.88. The monoisotopic (exact) mass is 140 g/mol. The van der Waals surface area contributed by atoms with Crippen molar-refractivity contribution >= 4 is 0 Å². The van der Waals surface area contributed by atoms with Crippen molar-refractivity contribution in [1.82, 2.24) is 0 Å². The van der Waals surface area contributed by atoms with Gasteiger partial charge in [-0.2, -0.15) is 0 Å². The van der Waals surface area contributed by atoms with Gasteiger partial charge in [-0.05, 0) is 17.4 Å². The Balaban J connectivity index is 2.38. The molecule has 58 valence electrons. The highest BCUT2D eigenvalue weighted by atomic mass is 16.5. The van der Waals surface area contributed by atoms with Crippen molar-refractivity contribution in [2.45, 2.75) is 27.2 Å². The fourth-order valence-electron chi connectivity index (χ4n) is 1.23. The Hall–Kier alpha value is -0.300. The molecule has 1 heteroatoms. The summed E-state index contributed by atoms with van der Waals surface area (Å²) in [6, 6.07) is 0. The van der Waals surface area contributed by atoms with Crippen molar-refractivity contribution in [3.05, 3.63) is 11.6 Å². The molecular weight excluding hydrogens is 124 g/mol. The minimum Gasteiger partial charge on any atom is -0.373 e. The lowest BCUT2D eigenvalue weighted by Gasteiger charge is -2.17. The Morgan fingerprint density at radius 1 is 1.50 bits per heavy atom. The van der Waals surface area contributed by atoms with Gasteiger partial charge in [-0.25, -0.2) is 0 Å². The molecule has 1 rings (SSSR count). The zero-order valence-electron chi connectivity index (χ0n) is 7.11. The van der Waals surface area contributed by atoms with Crippen LogP contribution in [-0.2, 0) is 4.74 Å². The van der Waals surface area contributed by atoms with Crippen LogP contribution in [0.3, 0.4) is 0 Å². The quantitative estimate of drug-likeness (QED) is 0.508. The molecule has 0 N–H and O–H groups in total. The zero-order chi connectivity index (χ0) is 7.61. The molecule has 1 aliphatic rings. The smallest absolute Gasteiger partial charge is 0.0682 e. The van der Waals surface area contributed by atoms with Crippen molar-refractivity contribution < 1.29 is 4.74 Å². The fourth-order valence-corrected chi connectivity index (χ4v) is 1.23. The van der Waals surface area contributed by atoms with E-state index in [0.29, 0.717) is 5.41 Å². The van der Waals surface area contributed by atoms with Gasteiger partial charge in [0.1, 0.15) is 0 Å². The molecule has 0 bridgehead atoms. The summed E-state index contributed by atoms with van der Waals surface area (Å²) in [6.45, 7) is 8.45. The molecule has 0 amide bonds. The van der Waals surface area contributed by atoms with Crippen LogP contribution < -0.4 is 0 Å². The fraction of sp³-hybridized carbons (Fsp3) is 0.778. The van der Waals surface area contributed by atoms with Gasteiger partial charge in [0.05, 0.1) is 13.2 Å². The van der Waals surface area contributed by atoms with E-state index >= 15 is 0 Å². The molecule has 0 aromatic carbocycles. The van der Waals surface area contributed by atoms with Crippen LogP contribution in [0.4, 0.5) is 0 Å². The van der Waals surface area contributed by atoms with Crippen LogP contribution >= 0.6 is 0 Å². The first-order valence-corrected chi connectivity index (χ1v) is 3.83. The van der Waals surface area contributed by atoms with E-state index in [4.69, 9.17) is 4.74 Å². The van der Waals surface area contributed by atoms with Crippen molar-refractivity contribution in [3.63, 3.8) is 0 Å². The van der Waals surface area contributed by atoms with Gasteiger partial charge in [-0.15, -0.1) is 0 Å². The summed E-state index contributed by atoms with van der Waals surface area (Å²) in [6.07, 6.45) is 3.37. The Morgan fingerprint density at radius 2 is 2.20 bits per heavy atom. The molecule has 0 aromatic heterocycles. The van der Waals surface area contributed by atoms with Crippen LogP contribution in [-0.4, -0.2) is 13.2 Å². The molecule has 10 heavy (non-hydrogen) atoms. The summed E-state index contributed by atoms with van der Waals surface area (Å²) in [4.78, 5) is 0. The summed E-state index contributed by atoms with van der Waals surface area (Å²) in [5.41, 5.74) is 1.88. The van der Waals surface area contributed by atoms with E-state index in [1.54, 1.807) is 0 Å².